The lowest BCUT2D eigenvalue weighted by molar-refractivity contribution is -0.385. The van der Waals surface area contributed by atoms with E-state index >= 15 is 0 Å². The number of nitro groups is 1. The minimum Gasteiger partial charge on any atom is -0.443 e. The quantitative estimate of drug-likeness (QED) is 0.575. The number of hydrogen-bond donors (Lipinski definition) is 1. The molecule has 1 aromatic carbocycles. The van der Waals surface area contributed by atoms with Crippen molar-refractivity contribution in [2.45, 2.75) is 50.5 Å². The molecule has 0 radical (unpaired) electrons. The molecule has 1 N–H and O–H groups in total. The van der Waals surface area contributed by atoms with Gasteiger partial charge in [-0.15, -0.1) is 0 Å². The molecule has 1 aromatic heterocycles. The minimum atomic E-state index is -3.83. The summed E-state index contributed by atoms with van der Waals surface area (Å²) in [6.07, 6.45) is 3.21. The highest BCUT2D eigenvalue weighted by Crippen LogP contribution is 2.31. The molecule has 1 saturated heterocycles. The van der Waals surface area contributed by atoms with Crippen molar-refractivity contribution in [2.24, 2.45) is 0 Å². The summed E-state index contributed by atoms with van der Waals surface area (Å²) < 4.78 is 33.1. The van der Waals surface area contributed by atoms with Crippen molar-refractivity contribution in [1.82, 2.24) is 9.29 Å². The van der Waals surface area contributed by atoms with Gasteiger partial charge in [-0.2, -0.15) is 4.31 Å². The van der Waals surface area contributed by atoms with Crippen LogP contribution in [0.5, 0.6) is 0 Å². The van der Waals surface area contributed by atoms with Crippen LogP contribution in [0.25, 0.3) is 0 Å². The number of hydrogen-bond acceptors (Lipinski definition) is 7. The predicted molar refractivity (Wildman–Crippen MR) is 104 cm³/mol. The van der Waals surface area contributed by atoms with Crippen LogP contribution in [-0.2, 0) is 22.0 Å². The first kappa shape index (κ1) is 20.3. The number of nitrogens with zero attached hydrogens (tertiary/aromatic N) is 3. The van der Waals surface area contributed by atoms with Gasteiger partial charge in [0.1, 0.15) is 10.7 Å². The highest BCUT2D eigenvalue weighted by molar-refractivity contribution is 7.89. The minimum absolute atomic E-state index is 0.105. The maximum atomic E-state index is 13.0. The lowest BCUT2D eigenvalue weighted by Crippen LogP contribution is -2.28. The predicted octanol–water partition coefficient (Wildman–Crippen LogP) is 3.28. The molecule has 0 saturated carbocycles. The normalized spacial score (nSPS) is 15.7. The van der Waals surface area contributed by atoms with E-state index in [1.165, 1.54) is 16.4 Å². The van der Waals surface area contributed by atoms with E-state index in [4.69, 9.17) is 4.42 Å². The van der Waals surface area contributed by atoms with E-state index in [1.807, 2.05) is 20.8 Å². The number of nitrogens with one attached hydrogen (secondary N) is 1. The summed E-state index contributed by atoms with van der Waals surface area (Å²) in [5, 5.41) is 14.1. The Labute approximate surface area is 164 Å². The molecule has 0 atom stereocenters. The van der Waals surface area contributed by atoms with E-state index in [9.17, 15) is 18.5 Å². The number of rotatable bonds is 6. The molecule has 0 aliphatic carbocycles. The molecule has 3 rings (SSSR count). The van der Waals surface area contributed by atoms with Crippen molar-refractivity contribution < 1.29 is 17.8 Å². The zero-order valence-electron chi connectivity index (χ0n) is 16.1. The van der Waals surface area contributed by atoms with Crippen LogP contribution in [0, 0.1) is 10.1 Å². The fourth-order valence-electron chi connectivity index (χ4n) is 2.96. The van der Waals surface area contributed by atoms with Crippen LogP contribution >= 0.6 is 0 Å². The fraction of sp³-hybridized carbons (Fsp3) is 0.500. The smallest absolute Gasteiger partial charge is 0.270 e. The Morgan fingerprint density at radius 2 is 1.96 bits per heavy atom. The Kier molecular flexibility index (Phi) is 5.44. The molecule has 1 aliphatic rings. The van der Waals surface area contributed by atoms with E-state index in [0.717, 1.165) is 24.7 Å². The Morgan fingerprint density at radius 1 is 1.29 bits per heavy atom. The van der Waals surface area contributed by atoms with Gasteiger partial charge in [0.05, 0.1) is 23.4 Å². The Balaban J connectivity index is 1.90. The van der Waals surface area contributed by atoms with Crippen molar-refractivity contribution >= 4 is 21.4 Å². The van der Waals surface area contributed by atoms with Gasteiger partial charge in [0.15, 0.2) is 0 Å². The van der Waals surface area contributed by atoms with Gasteiger partial charge in [-0.1, -0.05) is 20.8 Å². The van der Waals surface area contributed by atoms with Gasteiger partial charge in [0.25, 0.3) is 5.69 Å². The van der Waals surface area contributed by atoms with Crippen LogP contribution in [-0.4, -0.2) is 35.7 Å². The maximum absolute atomic E-state index is 13.0. The molecule has 10 heteroatoms. The van der Waals surface area contributed by atoms with Crippen molar-refractivity contribution in [1.29, 1.82) is 0 Å². The summed E-state index contributed by atoms with van der Waals surface area (Å²) in [5.41, 5.74) is -0.175. The first-order valence-electron chi connectivity index (χ1n) is 9.07. The molecular formula is C18H24N4O5S. The number of oxazole rings is 1. The molecule has 0 unspecified atom stereocenters. The van der Waals surface area contributed by atoms with Crippen LogP contribution in [0.1, 0.15) is 45.3 Å². The number of aromatic nitrogens is 1. The third kappa shape index (κ3) is 4.17. The molecule has 0 spiro atoms. The van der Waals surface area contributed by atoms with E-state index in [2.05, 4.69) is 10.3 Å². The summed E-state index contributed by atoms with van der Waals surface area (Å²) >= 11 is 0. The Hall–Kier alpha value is -2.46. The monoisotopic (exact) mass is 408 g/mol. The second kappa shape index (κ2) is 7.51. The lowest BCUT2D eigenvalue weighted by atomic mass is 9.94. The van der Waals surface area contributed by atoms with Crippen LogP contribution < -0.4 is 5.32 Å². The maximum Gasteiger partial charge on any atom is 0.270 e. The second-order valence-corrected chi connectivity index (χ2v) is 9.68. The average Bonchev–Trinajstić information content (AvgIpc) is 3.31. The molecule has 9 nitrogen and oxygen atoms in total. The van der Waals surface area contributed by atoms with Gasteiger partial charge in [-0.25, -0.2) is 13.4 Å². The third-order valence-corrected chi connectivity index (χ3v) is 6.52. The Morgan fingerprint density at radius 3 is 2.54 bits per heavy atom. The van der Waals surface area contributed by atoms with Gasteiger partial charge in [-0.05, 0) is 18.9 Å². The number of sulfonamides is 1. The summed E-state index contributed by atoms with van der Waals surface area (Å²) in [6.45, 7) is 7.00. The van der Waals surface area contributed by atoms with E-state index in [-0.39, 0.29) is 28.2 Å². The Bertz CT molecular complexity index is 972. The standard InChI is InChI=1S/C18H24N4O5S/c1-18(2,3)16-11-20-17(27-16)12-19-14-7-6-13(22(23)24)10-15(14)28(25,26)21-8-4-5-9-21/h6-7,10-11,19H,4-5,8-9,12H2,1-3H3. The highest BCUT2D eigenvalue weighted by atomic mass is 32.2. The number of nitro benzene ring substituents is 1. The first-order chi connectivity index (χ1) is 13.1. The summed E-state index contributed by atoms with van der Waals surface area (Å²) in [7, 11) is -3.83. The molecule has 2 heterocycles. The van der Waals surface area contributed by atoms with Crippen LogP contribution in [0.4, 0.5) is 11.4 Å². The highest BCUT2D eigenvalue weighted by Gasteiger charge is 2.31. The lowest BCUT2D eigenvalue weighted by Gasteiger charge is -2.18. The molecule has 1 aliphatic heterocycles. The van der Waals surface area contributed by atoms with Gasteiger partial charge in [-0.3, -0.25) is 10.1 Å². The fourth-order valence-corrected chi connectivity index (χ4v) is 4.67. The number of benzene rings is 1. The molecule has 0 amide bonds. The summed E-state index contributed by atoms with van der Waals surface area (Å²) in [4.78, 5) is 14.6. The van der Waals surface area contributed by atoms with Gasteiger partial charge >= 0.3 is 0 Å². The third-order valence-electron chi connectivity index (χ3n) is 4.58. The van der Waals surface area contributed by atoms with Gasteiger partial charge in [0.2, 0.25) is 15.9 Å². The van der Waals surface area contributed by atoms with Crippen LogP contribution in [0.3, 0.4) is 0 Å². The number of non-ortho nitro benzene ring substituents is 1. The van der Waals surface area contributed by atoms with Gasteiger partial charge < -0.3 is 9.73 Å². The zero-order valence-corrected chi connectivity index (χ0v) is 17.0. The van der Waals surface area contributed by atoms with Gasteiger partial charge in [0, 0.05) is 30.6 Å². The van der Waals surface area contributed by atoms with E-state index in [1.54, 1.807) is 6.20 Å². The largest absolute Gasteiger partial charge is 0.443 e. The van der Waals surface area contributed by atoms with Crippen LogP contribution in [0.2, 0.25) is 0 Å². The first-order valence-corrected chi connectivity index (χ1v) is 10.5. The molecule has 28 heavy (non-hydrogen) atoms. The second-order valence-electron chi connectivity index (χ2n) is 7.77. The average molecular weight is 408 g/mol. The molecule has 152 valence electrons. The van der Waals surface area contributed by atoms with Crippen molar-refractivity contribution in [3.63, 3.8) is 0 Å². The molecule has 1 fully saturated rings. The zero-order chi connectivity index (χ0) is 20.5. The van der Waals surface area contributed by atoms with E-state index < -0.39 is 14.9 Å². The summed E-state index contributed by atoms with van der Waals surface area (Å²) in [5.74, 6) is 1.13. The van der Waals surface area contributed by atoms with Crippen molar-refractivity contribution in [3.8, 4) is 0 Å². The summed E-state index contributed by atoms with van der Waals surface area (Å²) in [6, 6.07) is 3.79. The molecule has 2 aromatic rings. The van der Waals surface area contributed by atoms with Crippen LogP contribution in [0.15, 0.2) is 33.7 Å². The number of anilines is 1. The molecule has 0 bridgehead atoms. The van der Waals surface area contributed by atoms with Crippen molar-refractivity contribution in [3.05, 3.63) is 46.2 Å². The van der Waals surface area contributed by atoms with Crippen molar-refractivity contribution in [2.75, 3.05) is 18.4 Å². The van der Waals surface area contributed by atoms with E-state index in [0.29, 0.717) is 19.0 Å². The topological polar surface area (TPSA) is 119 Å². The SMILES string of the molecule is CC(C)(C)c1cnc(CNc2ccc([N+](=O)[O-])cc2S(=O)(=O)N2CCCC2)o1. The molecular weight excluding hydrogens is 384 g/mol.